The number of carboxylic acid groups (broad SMARTS) is 1. The van der Waals surface area contributed by atoms with E-state index in [9.17, 15) is 9.90 Å². The molecule has 126 valence electrons. The quantitative estimate of drug-likeness (QED) is 0.734. The van der Waals surface area contributed by atoms with Gasteiger partial charge >= 0.3 is 5.97 Å². The van der Waals surface area contributed by atoms with E-state index >= 15 is 0 Å². The van der Waals surface area contributed by atoms with Gasteiger partial charge in [0.15, 0.2) is 0 Å². The molecular formula is C19H18N4O2. The summed E-state index contributed by atoms with van der Waals surface area (Å²) in [6, 6.07) is 18.3. The molecule has 6 heteroatoms. The van der Waals surface area contributed by atoms with Crippen LogP contribution >= 0.6 is 0 Å². The smallest absolute Gasteiger partial charge is 0.337 e. The Kier molecular flexibility index (Phi) is 4.61. The minimum atomic E-state index is -0.990. The third-order valence-electron chi connectivity index (χ3n) is 3.71. The molecule has 0 spiro atoms. The number of aromatic carboxylic acids is 1. The highest BCUT2D eigenvalue weighted by atomic mass is 16.4. The first-order valence-electron chi connectivity index (χ1n) is 7.78. The highest BCUT2D eigenvalue weighted by molar-refractivity contribution is 5.95. The summed E-state index contributed by atoms with van der Waals surface area (Å²) in [5, 5.41) is 12.4. The number of nitrogens with zero attached hydrogens (tertiary/aromatic N) is 3. The van der Waals surface area contributed by atoms with Gasteiger partial charge in [-0.05, 0) is 31.2 Å². The van der Waals surface area contributed by atoms with E-state index in [-0.39, 0.29) is 5.56 Å². The molecule has 0 unspecified atom stereocenters. The van der Waals surface area contributed by atoms with Crippen molar-refractivity contribution in [1.29, 1.82) is 0 Å². The topological polar surface area (TPSA) is 78.3 Å². The second-order valence-corrected chi connectivity index (χ2v) is 5.56. The summed E-state index contributed by atoms with van der Waals surface area (Å²) in [6.07, 6.45) is 0. The Labute approximate surface area is 145 Å². The predicted octanol–water partition coefficient (Wildman–Crippen LogP) is 3.99. The summed E-state index contributed by atoms with van der Waals surface area (Å²) in [6.45, 7) is 1.87. The number of nitrogens with one attached hydrogen (secondary N) is 1. The summed E-state index contributed by atoms with van der Waals surface area (Å²) in [5.74, 6) is 0.0796. The summed E-state index contributed by atoms with van der Waals surface area (Å²) in [7, 11) is 1.89. The summed E-state index contributed by atoms with van der Waals surface area (Å²) in [4.78, 5) is 22.2. The molecule has 2 N–H and O–H groups in total. The van der Waals surface area contributed by atoms with E-state index in [1.165, 1.54) is 0 Å². The summed E-state index contributed by atoms with van der Waals surface area (Å²) < 4.78 is 0. The zero-order chi connectivity index (χ0) is 17.8. The highest BCUT2D eigenvalue weighted by Gasteiger charge is 2.12. The fourth-order valence-corrected chi connectivity index (χ4v) is 2.45. The van der Waals surface area contributed by atoms with E-state index in [4.69, 9.17) is 0 Å². The third kappa shape index (κ3) is 3.74. The van der Waals surface area contributed by atoms with Gasteiger partial charge in [0.05, 0.1) is 11.3 Å². The molecule has 0 saturated heterocycles. The number of aryl methyl sites for hydroxylation is 1. The molecule has 0 fully saturated rings. The van der Waals surface area contributed by atoms with Gasteiger partial charge in [-0.2, -0.15) is 4.98 Å². The zero-order valence-corrected chi connectivity index (χ0v) is 14.0. The lowest BCUT2D eigenvalue weighted by Crippen LogP contribution is -2.14. The Morgan fingerprint density at radius 3 is 2.44 bits per heavy atom. The minimum Gasteiger partial charge on any atom is -0.478 e. The molecule has 3 rings (SSSR count). The van der Waals surface area contributed by atoms with E-state index < -0.39 is 5.97 Å². The average molecular weight is 334 g/mol. The van der Waals surface area contributed by atoms with Crippen LogP contribution in [0, 0.1) is 6.92 Å². The van der Waals surface area contributed by atoms with Gasteiger partial charge in [0, 0.05) is 24.5 Å². The normalized spacial score (nSPS) is 10.3. The molecule has 0 saturated carbocycles. The van der Waals surface area contributed by atoms with Crippen LogP contribution in [0.4, 0.5) is 23.1 Å². The van der Waals surface area contributed by atoms with Gasteiger partial charge in [0.2, 0.25) is 5.95 Å². The number of hydrogen-bond donors (Lipinski definition) is 2. The molecular weight excluding hydrogens is 316 g/mol. The van der Waals surface area contributed by atoms with Crippen LogP contribution in [-0.2, 0) is 0 Å². The first-order chi connectivity index (χ1) is 12.0. The molecule has 1 aromatic heterocycles. The van der Waals surface area contributed by atoms with Crippen LogP contribution in [0.5, 0.6) is 0 Å². The first kappa shape index (κ1) is 16.4. The molecule has 0 aliphatic rings. The maximum Gasteiger partial charge on any atom is 0.337 e. The minimum absolute atomic E-state index is 0.191. The van der Waals surface area contributed by atoms with Crippen LogP contribution in [0.2, 0.25) is 0 Å². The molecule has 0 bridgehead atoms. The molecule has 0 atom stereocenters. The van der Waals surface area contributed by atoms with Crippen molar-refractivity contribution in [3.05, 3.63) is 71.9 Å². The van der Waals surface area contributed by atoms with Crippen molar-refractivity contribution in [2.45, 2.75) is 6.92 Å². The van der Waals surface area contributed by atoms with Gasteiger partial charge in [-0.3, -0.25) is 0 Å². The number of para-hydroxylation sites is 2. The number of aromatic nitrogens is 2. The van der Waals surface area contributed by atoms with E-state index in [0.29, 0.717) is 17.5 Å². The van der Waals surface area contributed by atoms with Crippen LogP contribution in [0.15, 0.2) is 60.7 Å². The van der Waals surface area contributed by atoms with E-state index in [1.807, 2.05) is 49.2 Å². The molecule has 0 radical (unpaired) electrons. The van der Waals surface area contributed by atoms with Crippen LogP contribution in [-0.4, -0.2) is 28.1 Å². The number of rotatable bonds is 5. The number of carboxylic acids is 1. The lowest BCUT2D eigenvalue weighted by molar-refractivity contribution is 0.0698. The van der Waals surface area contributed by atoms with Crippen molar-refractivity contribution in [1.82, 2.24) is 9.97 Å². The maximum atomic E-state index is 11.4. The van der Waals surface area contributed by atoms with Crippen molar-refractivity contribution in [3.8, 4) is 0 Å². The van der Waals surface area contributed by atoms with Crippen molar-refractivity contribution >= 4 is 29.1 Å². The largest absolute Gasteiger partial charge is 0.478 e. The van der Waals surface area contributed by atoms with Gasteiger partial charge in [-0.25, -0.2) is 9.78 Å². The van der Waals surface area contributed by atoms with Crippen molar-refractivity contribution in [3.63, 3.8) is 0 Å². The van der Waals surface area contributed by atoms with Crippen LogP contribution < -0.4 is 10.2 Å². The van der Waals surface area contributed by atoms with Crippen LogP contribution in [0.3, 0.4) is 0 Å². The second-order valence-electron chi connectivity index (χ2n) is 5.56. The monoisotopic (exact) mass is 334 g/mol. The fourth-order valence-electron chi connectivity index (χ4n) is 2.45. The van der Waals surface area contributed by atoms with E-state index in [1.54, 1.807) is 30.3 Å². The van der Waals surface area contributed by atoms with Gasteiger partial charge < -0.3 is 15.3 Å². The lowest BCUT2D eigenvalue weighted by Gasteiger charge is -2.19. The van der Waals surface area contributed by atoms with Crippen LogP contribution in [0.25, 0.3) is 0 Å². The lowest BCUT2D eigenvalue weighted by atomic mass is 10.2. The molecule has 1 heterocycles. The SMILES string of the molecule is Cc1cc(Nc2ccccc2C(=O)O)nc(N(C)c2ccccc2)n1. The molecule has 2 aromatic carbocycles. The second kappa shape index (κ2) is 7.00. The number of hydrogen-bond acceptors (Lipinski definition) is 5. The standard InChI is InChI=1S/C19H18N4O2/c1-13-12-17(21-16-11-7-6-10-15(16)18(24)25)22-19(20-13)23(2)14-8-4-3-5-9-14/h3-12H,1-2H3,(H,24,25)(H,20,21,22). The van der Waals surface area contributed by atoms with Crippen LogP contribution in [0.1, 0.15) is 16.1 Å². The maximum absolute atomic E-state index is 11.4. The number of anilines is 4. The molecule has 0 aliphatic heterocycles. The Balaban J connectivity index is 1.94. The van der Waals surface area contributed by atoms with Gasteiger partial charge in [-0.1, -0.05) is 30.3 Å². The Hall–Kier alpha value is -3.41. The van der Waals surface area contributed by atoms with Gasteiger partial charge in [0.1, 0.15) is 5.82 Å². The Bertz CT molecular complexity index is 897. The highest BCUT2D eigenvalue weighted by Crippen LogP contribution is 2.24. The average Bonchev–Trinajstić information content (AvgIpc) is 2.61. The van der Waals surface area contributed by atoms with Crippen molar-refractivity contribution < 1.29 is 9.90 Å². The Morgan fingerprint density at radius 1 is 1.04 bits per heavy atom. The van der Waals surface area contributed by atoms with Gasteiger partial charge in [-0.15, -0.1) is 0 Å². The van der Waals surface area contributed by atoms with Crippen molar-refractivity contribution in [2.75, 3.05) is 17.3 Å². The van der Waals surface area contributed by atoms with E-state index in [0.717, 1.165) is 11.4 Å². The molecule has 0 aliphatic carbocycles. The molecule has 3 aromatic rings. The third-order valence-corrected chi connectivity index (χ3v) is 3.71. The summed E-state index contributed by atoms with van der Waals surface area (Å²) in [5.41, 5.74) is 2.42. The molecule has 0 amide bonds. The molecule has 6 nitrogen and oxygen atoms in total. The first-order valence-corrected chi connectivity index (χ1v) is 7.78. The molecule has 25 heavy (non-hydrogen) atoms. The Morgan fingerprint density at radius 2 is 1.72 bits per heavy atom. The predicted molar refractivity (Wildman–Crippen MR) is 98.0 cm³/mol. The van der Waals surface area contributed by atoms with Crippen molar-refractivity contribution in [2.24, 2.45) is 0 Å². The van der Waals surface area contributed by atoms with Gasteiger partial charge in [0.25, 0.3) is 0 Å². The van der Waals surface area contributed by atoms with E-state index in [2.05, 4.69) is 15.3 Å². The number of benzene rings is 2. The zero-order valence-electron chi connectivity index (χ0n) is 14.0. The fraction of sp³-hybridized carbons (Fsp3) is 0.105. The summed E-state index contributed by atoms with van der Waals surface area (Å²) >= 11 is 0. The number of carbonyl (C=O) groups is 1.